The van der Waals surface area contributed by atoms with Crippen LogP contribution in [0.4, 0.5) is 10.5 Å². The average Bonchev–Trinajstić information content (AvgIpc) is 2.99. The van der Waals surface area contributed by atoms with Crippen LogP contribution in [-0.2, 0) is 22.5 Å². The number of aliphatic carboxylic acids is 1. The Bertz CT molecular complexity index is 1580. The number of rotatable bonds is 12. The second-order valence-electron chi connectivity index (χ2n) is 10.6. The van der Waals surface area contributed by atoms with E-state index in [1.165, 1.54) is 4.90 Å². The second kappa shape index (κ2) is 13.8. The molecule has 0 saturated carbocycles. The highest BCUT2D eigenvalue weighted by Crippen LogP contribution is 2.24. The first-order chi connectivity index (χ1) is 20.2. The van der Waals surface area contributed by atoms with Crippen molar-refractivity contribution in [1.29, 1.82) is 0 Å². The van der Waals surface area contributed by atoms with Gasteiger partial charge in [-0.05, 0) is 48.2 Å². The number of carbonyl (C=O) groups excluding carboxylic acids is 1. The summed E-state index contributed by atoms with van der Waals surface area (Å²) in [5, 5.41) is 10.1. The summed E-state index contributed by atoms with van der Waals surface area (Å²) in [5.74, 6) is 0.210. The first-order valence-electron chi connectivity index (χ1n) is 14.1. The van der Waals surface area contributed by atoms with E-state index in [9.17, 15) is 19.5 Å². The third kappa shape index (κ3) is 7.34. The van der Waals surface area contributed by atoms with E-state index in [-0.39, 0.29) is 18.0 Å². The van der Waals surface area contributed by atoms with E-state index < -0.39 is 18.2 Å². The maximum Gasteiger partial charge on any atom is 0.414 e. The van der Waals surface area contributed by atoms with Crippen molar-refractivity contribution < 1.29 is 24.2 Å². The lowest BCUT2D eigenvalue weighted by molar-refractivity contribution is -0.145. The first-order valence-corrected chi connectivity index (χ1v) is 14.1. The predicted octanol–water partition coefficient (Wildman–Crippen LogP) is 6.22. The van der Waals surface area contributed by atoms with Crippen LogP contribution < -0.4 is 15.2 Å². The molecule has 1 atom stereocenters. The molecule has 220 valence electrons. The Hall–Kier alpha value is -4.66. The molecule has 4 rings (SSSR count). The summed E-state index contributed by atoms with van der Waals surface area (Å²) in [6, 6.07) is 21.0. The average molecular weight is 572 g/mol. The van der Waals surface area contributed by atoms with Gasteiger partial charge in [0.1, 0.15) is 11.6 Å². The Balaban J connectivity index is 1.62. The highest BCUT2D eigenvalue weighted by atomic mass is 16.6. The minimum atomic E-state index is -1.14. The molecule has 9 nitrogen and oxygen atoms in total. The Labute approximate surface area is 245 Å². The van der Waals surface area contributed by atoms with Gasteiger partial charge in [0.25, 0.3) is 5.56 Å². The molecule has 1 amide bonds. The standard InChI is InChI=1S/C33H37N3O6/c1-5-6-12-29-34-28-18-15-25(35(4)33(40)41-21-22(2)3)19-27(28)31(37)36(29)20-23-13-16-26(17-14-23)42-30(32(38)39)24-10-8-7-9-11-24/h7-11,13-19,22,30H,5-6,12,20-21H2,1-4H3,(H,38,39). The molecule has 1 unspecified atom stereocenters. The fourth-order valence-corrected chi connectivity index (χ4v) is 4.47. The lowest BCUT2D eigenvalue weighted by Gasteiger charge is -2.19. The Morgan fingerprint density at radius 3 is 2.38 bits per heavy atom. The van der Waals surface area contributed by atoms with Crippen LogP contribution in [0.1, 0.15) is 56.7 Å². The molecular formula is C33H37N3O6. The lowest BCUT2D eigenvalue weighted by atomic mass is 10.1. The number of carboxylic acid groups (broad SMARTS) is 1. The van der Waals surface area contributed by atoms with Crippen LogP contribution in [0.2, 0.25) is 0 Å². The number of hydrogen-bond acceptors (Lipinski definition) is 6. The van der Waals surface area contributed by atoms with Gasteiger partial charge in [-0.1, -0.05) is 69.7 Å². The van der Waals surface area contributed by atoms with Crippen molar-refractivity contribution in [2.24, 2.45) is 5.92 Å². The van der Waals surface area contributed by atoms with E-state index in [0.29, 0.717) is 46.8 Å². The SMILES string of the molecule is CCCCc1nc2ccc(N(C)C(=O)OCC(C)C)cc2c(=O)n1Cc1ccc(OC(C(=O)O)c2ccccc2)cc1. The summed E-state index contributed by atoms with van der Waals surface area (Å²) in [6.45, 7) is 6.59. The molecule has 0 bridgehead atoms. The molecule has 0 aliphatic heterocycles. The molecule has 4 aromatic rings. The van der Waals surface area contributed by atoms with E-state index in [1.807, 2.05) is 32.0 Å². The monoisotopic (exact) mass is 571 g/mol. The largest absolute Gasteiger partial charge is 0.478 e. The van der Waals surface area contributed by atoms with Gasteiger partial charge in [0.05, 0.1) is 24.1 Å². The number of carboxylic acids is 1. The molecule has 42 heavy (non-hydrogen) atoms. The fraction of sp³-hybridized carbons (Fsp3) is 0.333. The number of amides is 1. The van der Waals surface area contributed by atoms with Gasteiger partial charge in [0, 0.05) is 24.7 Å². The van der Waals surface area contributed by atoms with Crippen LogP contribution in [0.5, 0.6) is 5.75 Å². The highest BCUT2D eigenvalue weighted by Gasteiger charge is 2.22. The molecule has 0 fully saturated rings. The first kappa shape index (κ1) is 30.3. The zero-order valence-electron chi connectivity index (χ0n) is 24.4. The predicted molar refractivity (Wildman–Crippen MR) is 162 cm³/mol. The van der Waals surface area contributed by atoms with Gasteiger partial charge >= 0.3 is 12.1 Å². The number of anilines is 1. The van der Waals surface area contributed by atoms with Crippen molar-refractivity contribution >= 4 is 28.7 Å². The molecule has 0 spiro atoms. The van der Waals surface area contributed by atoms with Gasteiger partial charge in [-0.15, -0.1) is 0 Å². The van der Waals surface area contributed by atoms with Crippen LogP contribution in [-0.4, -0.2) is 40.4 Å². The highest BCUT2D eigenvalue weighted by molar-refractivity contribution is 5.91. The number of unbranched alkanes of at least 4 members (excludes halogenated alkanes) is 1. The summed E-state index contributed by atoms with van der Waals surface area (Å²) in [4.78, 5) is 44.4. The second-order valence-corrected chi connectivity index (χ2v) is 10.6. The summed E-state index contributed by atoms with van der Waals surface area (Å²) in [6.07, 6.45) is 0.844. The number of benzene rings is 3. The smallest absolute Gasteiger partial charge is 0.414 e. The number of hydrogen-bond donors (Lipinski definition) is 1. The van der Waals surface area contributed by atoms with Crippen molar-refractivity contribution in [2.75, 3.05) is 18.6 Å². The maximum atomic E-state index is 13.8. The van der Waals surface area contributed by atoms with Crippen LogP contribution in [0.3, 0.4) is 0 Å². The van der Waals surface area contributed by atoms with Crippen molar-refractivity contribution in [3.05, 3.63) is 100 Å². The van der Waals surface area contributed by atoms with Gasteiger partial charge in [0.15, 0.2) is 0 Å². The number of carbonyl (C=O) groups is 2. The quantitative estimate of drug-likeness (QED) is 0.215. The number of aromatic nitrogens is 2. The Morgan fingerprint density at radius 2 is 1.74 bits per heavy atom. The third-order valence-corrected chi connectivity index (χ3v) is 6.82. The van der Waals surface area contributed by atoms with E-state index in [4.69, 9.17) is 14.5 Å². The zero-order chi connectivity index (χ0) is 30.2. The minimum absolute atomic E-state index is 0.202. The molecule has 0 aliphatic carbocycles. The van der Waals surface area contributed by atoms with Crippen molar-refractivity contribution in [3.8, 4) is 5.75 Å². The third-order valence-electron chi connectivity index (χ3n) is 6.82. The van der Waals surface area contributed by atoms with Gasteiger partial charge in [-0.25, -0.2) is 14.6 Å². The Kier molecular flexibility index (Phi) is 9.96. The van der Waals surface area contributed by atoms with Crippen LogP contribution in [0.15, 0.2) is 77.6 Å². The summed E-state index contributed by atoms with van der Waals surface area (Å²) in [7, 11) is 1.61. The normalized spacial score (nSPS) is 11.8. The molecule has 1 heterocycles. The van der Waals surface area contributed by atoms with Gasteiger partial charge in [0.2, 0.25) is 6.10 Å². The van der Waals surface area contributed by atoms with Crippen LogP contribution in [0.25, 0.3) is 10.9 Å². The van der Waals surface area contributed by atoms with Crippen molar-refractivity contribution in [3.63, 3.8) is 0 Å². The topological polar surface area (TPSA) is 111 Å². The van der Waals surface area contributed by atoms with E-state index in [2.05, 4.69) is 6.92 Å². The molecule has 3 aromatic carbocycles. The van der Waals surface area contributed by atoms with Gasteiger partial charge < -0.3 is 14.6 Å². The van der Waals surface area contributed by atoms with Gasteiger partial charge in [-0.2, -0.15) is 0 Å². The summed E-state index contributed by atoms with van der Waals surface area (Å²) in [5.41, 5.74) is 2.28. The number of ether oxygens (including phenoxy) is 2. The maximum absolute atomic E-state index is 13.8. The van der Waals surface area contributed by atoms with Gasteiger partial charge in [-0.3, -0.25) is 14.3 Å². The number of fused-ring (bicyclic) bond motifs is 1. The molecule has 0 saturated heterocycles. The molecular weight excluding hydrogens is 534 g/mol. The minimum Gasteiger partial charge on any atom is -0.478 e. The van der Waals surface area contributed by atoms with E-state index in [1.54, 1.807) is 66.2 Å². The zero-order valence-corrected chi connectivity index (χ0v) is 24.4. The molecule has 1 N–H and O–H groups in total. The summed E-state index contributed by atoms with van der Waals surface area (Å²) < 4.78 is 12.8. The Morgan fingerprint density at radius 1 is 1.02 bits per heavy atom. The summed E-state index contributed by atoms with van der Waals surface area (Å²) >= 11 is 0. The van der Waals surface area contributed by atoms with Crippen molar-refractivity contribution in [2.45, 2.75) is 52.7 Å². The molecule has 9 heteroatoms. The number of aryl methyl sites for hydroxylation is 1. The van der Waals surface area contributed by atoms with E-state index in [0.717, 1.165) is 18.4 Å². The fourth-order valence-electron chi connectivity index (χ4n) is 4.47. The molecule has 0 radical (unpaired) electrons. The lowest BCUT2D eigenvalue weighted by Crippen LogP contribution is -2.29. The van der Waals surface area contributed by atoms with Crippen LogP contribution >= 0.6 is 0 Å². The van der Waals surface area contributed by atoms with Crippen molar-refractivity contribution in [1.82, 2.24) is 9.55 Å². The number of nitrogens with zero attached hydrogens (tertiary/aromatic N) is 3. The molecule has 0 aliphatic rings. The molecule has 1 aromatic heterocycles. The van der Waals surface area contributed by atoms with Crippen LogP contribution in [0, 0.1) is 5.92 Å². The van der Waals surface area contributed by atoms with E-state index >= 15 is 0 Å².